The monoisotopic (exact) mass is 483 g/mol. The molecule has 5 aliphatic rings. The second-order valence-electron chi connectivity index (χ2n) is 13.3. The number of hydrogen-bond donors (Lipinski definition) is 0. The third-order valence-corrected chi connectivity index (χ3v) is 12.0. The van der Waals surface area contributed by atoms with Gasteiger partial charge in [0.2, 0.25) is 5.91 Å². The summed E-state index contributed by atoms with van der Waals surface area (Å²) in [6, 6.07) is 2.47. The van der Waals surface area contributed by atoms with Gasteiger partial charge in [-0.1, -0.05) is 26.7 Å². The molecule has 192 valence electrons. The minimum atomic E-state index is -0.861. The molecule has 6 rings (SSSR count). The van der Waals surface area contributed by atoms with Crippen molar-refractivity contribution in [2.75, 3.05) is 11.4 Å². The van der Waals surface area contributed by atoms with Crippen molar-refractivity contribution in [3.8, 4) is 0 Å². The van der Waals surface area contributed by atoms with Crippen LogP contribution < -0.4 is 4.90 Å². The molecule has 1 amide bonds. The van der Waals surface area contributed by atoms with Crippen LogP contribution in [0.1, 0.15) is 103 Å². The van der Waals surface area contributed by atoms with E-state index in [9.17, 15) is 13.6 Å². The standard InChI is InChI=1S/C31H43F2NO/c1-30-15-4-3-6-21(30)9-11-23-24-12-10-22(31(24,2)16-13-25(23)30)7-5-8-29(35)34-17-14-20-18-26(32)27(33)19-28(20)34/h18-19,21-25H,3-17H2,1-2H3. The number of hydrogen-bond acceptors (Lipinski definition) is 1. The van der Waals surface area contributed by atoms with Gasteiger partial charge >= 0.3 is 0 Å². The van der Waals surface area contributed by atoms with Gasteiger partial charge in [0.1, 0.15) is 0 Å². The van der Waals surface area contributed by atoms with Crippen molar-refractivity contribution in [2.24, 2.45) is 40.4 Å². The van der Waals surface area contributed by atoms with Gasteiger partial charge in [-0.25, -0.2) is 8.78 Å². The second-order valence-corrected chi connectivity index (χ2v) is 13.3. The van der Waals surface area contributed by atoms with Gasteiger partial charge < -0.3 is 4.90 Å². The summed E-state index contributed by atoms with van der Waals surface area (Å²) >= 11 is 0. The Morgan fingerprint density at radius 1 is 0.943 bits per heavy atom. The lowest BCUT2D eigenvalue weighted by Crippen LogP contribution is -2.52. The largest absolute Gasteiger partial charge is 0.312 e. The summed E-state index contributed by atoms with van der Waals surface area (Å²) < 4.78 is 27.4. The summed E-state index contributed by atoms with van der Waals surface area (Å²) in [4.78, 5) is 14.7. The molecule has 0 bridgehead atoms. The van der Waals surface area contributed by atoms with Crippen LogP contribution >= 0.6 is 0 Å². The molecule has 1 aromatic carbocycles. The van der Waals surface area contributed by atoms with Crippen LogP contribution in [-0.2, 0) is 11.2 Å². The number of carbonyl (C=O) groups is 1. The van der Waals surface area contributed by atoms with Crippen molar-refractivity contribution >= 4 is 11.6 Å². The summed E-state index contributed by atoms with van der Waals surface area (Å²) in [5.41, 5.74) is 2.37. The van der Waals surface area contributed by atoms with E-state index in [2.05, 4.69) is 13.8 Å². The highest BCUT2D eigenvalue weighted by Crippen LogP contribution is 2.67. The highest BCUT2D eigenvalue weighted by atomic mass is 19.2. The molecular weight excluding hydrogens is 440 g/mol. The van der Waals surface area contributed by atoms with Crippen LogP contribution in [0.15, 0.2) is 12.1 Å². The quantitative estimate of drug-likeness (QED) is 0.424. The molecule has 1 aromatic rings. The zero-order valence-electron chi connectivity index (χ0n) is 21.8. The fraction of sp³-hybridized carbons (Fsp3) is 0.774. The first kappa shape index (κ1) is 23.9. The van der Waals surface area contributed by atoms with Crippen LogP contribution in [-0.4, -0.2) is 12.5 Å². The fourth-order valence-corrected chi connectivity index (χ4v) is 10.2. The van der Waals surface area contributed by atoms with Gasteiger partial charge in [-0.05, 0) is 123 Å². The highest BCUT2D eigenvalue weighted by Gasteiger charge is 2.59. The Morgan fingerprint density at radius 3 is 2.60 bits per heavy atom. The molecule has 4 fully saturated rings. The first-order valence-electron chi connectivity index (χ1n) is 14.6. The fourth-order valence-electron chi connectivity index (χ4n) is 10.2. The lowest BCUT2D eigenvalue weighted by atomic mass is 9.45. The van der Waals surface area contributed by atoms with Crippen molar-refractivity contribution in [2.45, 2.75) is 104 Å². The molecule has 1 aliphatic heterocycles. The maximum atomic E-state index is 13.8. The third-order valence-electron chi connectivity index (χ3n) is 12.0. The number of fused-ring (bicyclic) bond motifs is 6. The molecule has 0 N–H and O–H groups in total. The predicted molar refractivity (Wildman–Crippen MR) is 136 cm³/mol. The molecule has 7 atom stereocenters. The molecule has 2 nitrogen and oxygen atoms in total. The zero-order chi connectivity index (χ0) is 24.4. The molecular formula is C31H43F2NO. The Bertz CT molecular complexity index is 992. The summed E-state index contributed by atoms with van der Waals surface area (Å²) in [5, 5.41) is 0. The van der Waals surface area contributed by atoms with E-state index in [1.165, 1.54) is 76.3 Å². The van der Waals surface area contributed by atoms with Crippen LogP contribution in [0.25, 0.3) is 0 Å². The van der Waals surface area contributed by atoms with E-state index in [4.69, 9.17) is 0 Å². The smallest absolute Gasteiger partial charge is 0.226 e. The van der Waals surface area contributed by atoms with Crippen LogP contribution in [0.2, 0.25) is 0 Å². The van der Waals surface area contributed by atoms with Gasteiger partial charge in [0.15, 0.2) is 11.6 Å². The minimum Gasteiger partial charge on any atom is -0.312 e. The topological polar surface area (TPSA) is 20.3 Å². The van der Waals surface area contributed by atoms with Gasteiger partial charge in [0.05, 0.1) is 0 Å². The Hall–Kier alpha value is -1.45. The third kappa shape index (κ3) is 3.79. The number of carbonyl (C=O) groups excluding carboxylic acids is 1. The van der Waals surface area contributed by atoms with E-state index in [1.54, 1.807) is 4.90 Å². The highest BCUT2D eigenvalue weighted by molar-refractivity contribution is 5.95. The Morgan fingerprint density at radius 2 is 1.74 bits per heavy atom. The van der Waals surface area contributed by atoms with Crippen molar-refractivity contribution in [3.05, 3.63) is 29.3 Å². The number of halogens is 2. The van der Waals surface area contributed by atoms with Gasteiger partial charge in [-0.2, -0.15) is 0 Å². The first-order chi connectivity index (χ1) is 16.8. The van der Waals surface area contributed by atoms with Crippen LogP contribution in [0.3, 0.4) is 0 Å². The number of benzene rings is 1. The van der Waals surface area contributed by atoms with Gasteiger partial charge in [-0.3, -0.25) is 4.79 Å². The molecule has 4 heteroatoms. The van der Waals surface area contributed by atoms with Gasteiger partial charge in [-0.15, -0.1) is 0 Å². The van der Waals surface area contributed by atoms with Crippen molar-refractivity contribution in [3.63, 3.8) is 0 Å². The van der Waals surface area contributed by atoms with Crippen molar-refractivity contribution in [1.82, 2.24) is 0 Å². The van der Waals surface area contributed by atoms with Crippen molar-refractivity contribution < 1.29 is 13.6 Å². The van der Waals surface area contributed by atoms with Gasteiger partial charge in [0, 0.05) is 24.7 Å². The van der Waals surface area contributed by atoms with Gasteiger partial charge in [0.25, 0.3) is 0 Å². The van der Waals surface area contributed by atoms with Crippen LogP contribution in [0.4, 0.5) is 14.5 Å². The Labute approximate surface area is 210 Å². The van der Waals surface area contributed by atoms with E-state index < -0.39 is 11.6 Å². The second kappa shape index (κ2) is 8.84. The number of nitrogens with zero attached hydrogens (tertiary/aromatic N) is 1. The van der Waals surface area contributed by atoms with E-state index in [0.717, 1.165) is 48.0 Å². The summed E-state index contributed by atoms with van der Waals surface area (Å²) in [7, 11) is 0. The van der Waals surface area contributed by atoms with E-state index in [0.29, 0.717) is 35.9 Å². The molecule has 1 heterocycles. The van der Waals surface area contributed by atoms with Crippen molar-refractivity contribution in [1.29, 1.82) is 0 Å². The average Bonchev–Trinajstić information content (AvgIpc) is 3.39. The summed E-state index contributed by atoms with van der Waals surface area (Å²) in [5.74, 6) is 2.85. The summed E-state index contributed by atoms with van der Waals surface area (Å²) in [6.45, 7) is 5.80. The number of amides is 1. The maximum absolute atomic E-state index is 13.8. The average molecular weight is 484 g/mol. The maximum Gasteiger partial charge on any atom is 0.226 e. The molecule has 0 radical (unpaired) electrons. The normalized spacial score (nSPS) is 40.1. The first-order valence-corrected chi connectivity index (χ1v) is 14.6. The molecule has 4 saturated carbocycles. The molecule has 0 aromatic heterocycles. The van der Waals surface area contributed by atoms with Crippen LogP contribution in [0.5, 0.6) is 0 Å². The van der Waals surface area contributed by atoms with E-state index >= 15 is 0 Å². The Kier molecular flexibility index (Phi) is 6.04. The summed E-state index contributed by atoms with van der Waals surface area (Å²) in [6.07, 6.45) is 17.5. The molecule has 0 saturated heterocycles. The molecule has 4 aliphatic carbocycles. The predicted octanol–water partition coefficient (Wildman–Crippen LogP) is 8.07. The molecule has 35 heavy (non-hydrogen) atoms. The number of anilines is 1. The zero-order valence-corrected chi connectivity index (χ0v) is 21.8. The molecule has 7 unspecified atom stereocenters. The minimum absolute atomic E-state index is 0.0710. The lowest BCUT2D eigenvalue weighted by molar-refractivity contribution is -0.119. The lowest BCUT2D eigenvalue weighted by Gasteiger charge is -2.60. The molecule has 0 spiro atoms. The van der Waals surface area contributed by atoms with E-state index in [1.807, 2.05) is 0 Å². The SMILES string of the molecule is CC12CCCCC1CCC1C2CCC2(C)C(CCCC(=O)N3CCc4cc(F)c(F)cc43)CCC12. The number of rotatable bonds is 4. The van der Waals surface area contributed by atoms with E-state index in [-0.39, 0.29) is 5.91 Å². The Balaban J connectivity index is 1.08. The van der Waals surface area contributed by atoms with Crippen LogP contribution in [0, 0.1) is 52.1 Å².